The predicted octanol–water partition coefficient (Wildman–Crippen LogP) is 7.62. The SMILES string of the molecule is C=CCOc1ccc2c(c1)[C@H]1[C@H](CCCCO)[C@@H](CCCCO)C=C3C(=NOC)C[C@H](N(CCC)C(=O)NCc4cc5ccccc5[nH]4)[C@@](OCC=C)(O2)[C@H]31. The molecule has 55 heavy (non-hydrogen) atoms. The number of nitrogens with zero attached hydrogens (tertiary/aromatic N) is 2. The maximum atomic E-state index is 14.6. The Morgan fingerprint density at radius 2 is 1.85 bits per heavy atom. The Morgan fingerprint density at radius 1 is 1.07 bits per heavy atom. The lowest BCUT2D eigenvalue weighted by Crippen LogP contribution is -2.70. The molecule has 2 amide bonds. The molecule has 1 fully saturated rings. The summed E-state index contributed by atoms with van der Waals surface area (Å²) in [6.45, 7) is 11.5. The topological polar surface area (TPSA) is 138 Å². The largest absolute Gasteiger partial charge is 0.490 e. The summed E-state index contributed by atoms with van der Waals surface area (Å²) in [6, 6.07) is 15.3. The summed E-state index contributed by atoms with van der Waals surface area (Å²) in [7, 11) is 1.56. The summed E-state index contributed by atoms with van der Waals surface area (Å²) in [4.78, 5) is 25.4. The predicted molar refractivity (Wildman–Crippen MR) is 215 cm³/mol. The summed E-state index contributed by atoms with van der Waals surface area (Å²) in [5.41, 5.74) is 4.69. The number of aromatic amines is 1. The van der Waals surface area contributed by atoms with Crippen LogP contribution in [0.1, 0.15) is 75.5 Å². The number of ether oxygens (including phenoxy) is 3. The number of aliphatic hydroxyl groups excluding tert-OH is 2. The summed E-state index contributed by atoms with van der Waals surface area (Å²) in [5.74, 6) is -0.143. The van der Waals surface area contributed by atoms with Crippen molar-refractivity contribution in [3.8, 4) is 11.5 Å². The average Bonchev–Trinajstić information content (AvgIpc) is 3.62. The third kappa shape index (κ3) is 8.49. The molecule has 4 N–H and O–H groups in total. The van der Waals surface area contributed by atoms with E-state index in [-0.39, 0.29) is 49.5 Å². The van der Waals surface area contributed by atoms with Crippen LogP contribution >= 0.6 is 0 Å². The Hall–Kier alpha value is -4.58. The van der Waals surface area contributed by atoms with Gasteiger partial charge in [-0.1, -0.05) is 67.9 Å². The molecule has 3 aromatic rings. The minimum Gasteiger partial charge on any atom is -0.490 e. The molecule has 0 spiro atoms. The van der Waals surface area contributed by atoms with Crippen LogP contribution in [0.4, 0.5) is 4.79 Å². The Labute approximate surface area is 325 Å². The number of rotatable bonds is 20. The molecule has 2 heterocycles. The zero-order chi connectivity index (χ0) is 38.8. The van der Waals surface area contributed by atoms with Gasteiger partial charge in [-0.3, -0.25) is 0 Å². The molecule has 2 aliphatic carbocycles. The zero-order valence-corrected chi connectivity index (χ0v) is 32.4. The van der Waals surface area contributed by atoms with E-state index in [1.165, 1.54) is 0 Å². The first-order valence-electron chi connectivity index (χ1n) is 19.9. The van der Waals surface area contributed by atoms with Crippen molar-refractivity contribution in [2.45, 2.75) is 82.6 Å². The van der Waals surface area contributed by atoms with Gasteiger partial charge in [0.2, 0.25) is 5.79 Å². The Kier molecular flexibility index (Phi) is 13.7. The van der Waals surface area contributed by atoms with Crippen molar-refractivity contribution in [2.24, 2.45) is 22.9 Å². The molecule has 0 radical (unpaired) electrons. The fourth-order valence-corrected chi connectivity index (χ4v) is 9.14. The number of oxime groups is 1. The molecule has 11 heteroatoms. The molecular formula is C44H58N4O7. The first-order chi connectivity index (χ1) is 26.9. The van der Waals surface area contributed by atoms with Gasteiger partial charge in [-0.15, -0.1) is 6.58 Å². The number of fused-ring (bicyclic) bond motifs is 3. The third-order valence-electron chi connectivity index (χ3n) is 11.3. The number of hydrogen-bond donors (Lipinski definition) is 4. The van der Waals surface area contributed by atoms with Gasteiger partial charge in [-0.2, -0.15) is 0 Å². The summed E-state index contributed by atoms with van der Waals surface area (Å²) in [5, 5.41) is 28.6. The first-order valence-corrected chi connectivity index (χ1v) is 19.9. The number of unbranched alkanes of at least 4 members (excludes halogenated alkanes) is 2. The Morgan fingerprint density at radius 3 is 2.58 bits per heavy atom. The highest BCUT2D eigenvalue weighted by molar-refractivity contribution is 6.03. The molecule has 0 unspecified atom stereocenters. The van der Waals surface area contributed by atoms with Crippen molar-refractivity contribution in [2.75, 3.05) is 40.1 Å². The van der Waals surface area contributed by atoms with Gasteiger partial charge in [0.15, 0.2) is 0 Å². The number of allylic oxidation sites excluding steroid dienone is 1. The minimum absolute atomic E-state index is 0.120. The number of benzene rings is 2. The van der Waals surface area contributed by atoms with E-state index in [1.54, 1.807) is 19.3 Å². The molecule has 6 atom stereocenters. The van der Waals surface area contributed by atoms with Gasteiger partial charge in [0.25, 0.3) is 0 Å². The molecule has 296 valence electrons. The highest BCUT2D eigenvalue weighted by Crippen LogP contribution is 2.62. The lowest BCUT2D eigenvalue weighted by Gasteiger charge is -2.60. The summed E-state index contributed by atoms with van der Waals surface area (Å²) >= 11 is 0. The number of para-hydroxylation sites is 1. The number of carbonyl (C=O) groups is 1. The number of urea groups is 1. The van der Waals surface area contributed by atoms with E-state index in [4.69, 9.17) is 19.0 Å². The van der Waals surface area contributed by atoms with Crippen LogP contribution in [0.3, 0.4) is 0 Å². The first kappa shape index (κ1) is 40.1. The Bertz CT molecular complexity index is 1800. The Balaban J connectivity index is 1.50. The second-order valence-corrected chi connectivity index (χ2v) is 14.8. The molecule has 3 aliphatic rings. The maximum absolute atomic E-state index is 14.6. The van der Waals surface area contributed by atoms with Crippen molar-refractivity contribution in [3.63, 3.8) is 0 Å². The second kappa shape index (κ2) is 18.8. The monoisotopic (exact) mass is 754 g/mol. The van der Waals surface area contributed by atoms with Gasteiger partial charge >= 0.3 is 6.03 Å². The number of H-pyrrole nitrogens is 1. The van der Waals surface area contributed by atoms with E-state index in [1.807, 2.05) is 41.3 Å². The van der Waals surface area contributed by atoms with Crippen LogP contribution in [0.15, 0.2) is 90.6 Å². The zero-order valence-electron chi connectivity index (χ0n) is 32.4. The van der Waals surface area contributed by atoms with Crippen LogP contribution in [-0.2, 0) is 16.1 Å². The smallest absolute Gasteiger partial charge is 0.318 e. The van der Waals surface area contributed by atoms with E-state index >= 15 is 0 Å². The van der Waals surface area contributed by atoms with Crippen molar-refractivity contribution in [1.29, 1.82) is 0 Å². The lowest BCUT2D eigenvalue weighted by atomic mass is 9.55. The van der Waals surface area contributed by atoms with Crippen LogP contribution in [0.25, 0.3) is 10.9 Å². The second-order valence-electron chi connectivity index (χ2n) is 14.8. The van der Waals surface area contributed by atoms with Gasteiger partial charge in [-0.05, 0) is 85.2 Å². The number of amides is 2. The summed E-state index contributed by atoms with van der Waals surface area (Å²) in [6.07, 6.45) is 11.7. The fraction of sp³-hybridized carbons (Fsp3) is 0.500. The number of hydrogen-bond acceptors (Lipinski definition) is 8. The van der Waals surface area contributed by atoms with Crippen LogP contribution in [0.5, 0.6) is 11.5 Å². The minimum atomic E-state index is -1.31. The number of nitrogens with one attached hydrogen (secondary N) is 2. The van der Waals surface area contributed by atoms with Crippen molar-refractivity contribution in [1.82, 2.24) is 15.2 Å². The molecule has 1 aromatic heterocycles. The number of aliphatic hydroxyl groups is 2. The van der Waals surface area contributed by atoms with Gasteiger partial charge in [-0.25, -0.2) is 4.79 Å². The van der Waals surface area contributed by atoms with Crippen LogP contribution in [0.2, 0.25) is 0 Å². The van der Waals surface area contributed by atoms with Gasteiger partial charge in [0.05, 0.1) is 24.8 Å². The molecule has 1 aliphatic heterocycles. The molecule has 2 aromatic carbocycles. The third-order valence-corrected chi connectivity index (χ3v) is 11.3. The van der Waals surface area contributed by atoms with Crippen LogP contribution in [0, 0.1) is 17.8 Å². The van der Waals surface area contributed by atoms with E-state index in [0.29, 0.717) is 56.9 Å². The highest BCUT2D eigenvalue weighted by Gasteiger charge is 2.65. The van der Waals surface area contributed by atoms with Crippen molar-refractivity contribution >= 4 is 22.6 Å². The van der Waals surface area contributed by atoms with Crippen molar-refractivity contribution < 1.29 is 34.1 Å². The van der Waals surface area contributed by atoms with E-state index < -0.39 is 11.8 Å². The van der Waals surface area contributed by atoms with Gasteiger partial charge in [0.1, 0.15) is 31.3 Å². The van der Waals surface area contributed by atoms with Crippen LogP contribution in [-0.4, -0.2) is 83.8 Å². The standard InChI is InChI=1S/C44H58N4O7/c1-5-20-48(43(51)45-29-32-25-31-15-8-9-17-37(31)46-32)40-28-38(47-52-4)35-26-30(14-10-12-21-49)34(16-11-13-22-50)41-36-27-33(53-23-6-2)18-19-39(36)55-44(40,42(35)41)54-24-7-3/h6-9,15,17-19,25-27,30,34,40-42,46,49-50H,2-3,5,10-14,16,20-24,28-29H2,1,4H3,(H,45,51)/t30-,34+,40-,41+,42+,44+/m0/s1. The van der Waals surface area contributed by atoms with E-state index in [9.17, 15) is 15.0 Å². The van der Waals surface area contributed by atoms with Crippen molar-refractivity contribution in [3.05, 3.63) is 96.7 Å². The summed E-state index contributed by atoms with van der Waals surface area (Å²) < 4.78 is 20.4. The van der Waals surface area contributed by atoms with E-state index in [0.717, 1.165) is 59.1 Å². The molecule has 1 saturated carbocycles. The normalized spacial score (nSPS) is 24.6. The van der Waals surface area contributed by atoms with Crippen LogP contribution < -0.4 is 14.8 Å². The lowest BCUT2D eigenvalue weighted by molar-refractivity contribution is -0.254. The molecular weight excluding hydrogens is 697 g/mol. The highest BCUT2D eigenvalue weighted by atomic mass is 16.7. The molecule has 6 rings (SSSR count). The molecule has 11 nitrogen and oxygen atoms in total. The fourth-order valence-electron chi connectivity index (χ4n) is 9.14. The molecule has 0 bridgehead atoms. The quantitative estimate of drug-likeness (QED) is 0.0529. The number of aromatic nitrogens is 1. The van der Waals surface area contributed by atoms with E-state index in [2.05, 4.69) is 53.7 Å². The average molecular weight is 755 g/mol. The van der Waals surface area contributed by atoms with Gasteiger partial charge in [0, 0.05) is 48.9 Å². The number of carbonyl (C=O) groups excluding carboxylic acids is 1. The maximum Gasteiger partial charge on any atom is 0.318 e. The van der Waals surface area contributed by atoms with Gasteiger partial charge < -0.3 is 44.5 Å². The molecule has 0 saturated heterocycles.